The summed E-state index contributed by atoms with van der Waals surface area (Å²) in [4.78, 5) is 0. The summed E-state index contributed by atoms with van der Waals surface area (Å²) >= 11 is 0. The first-order valence-electron chi connectivity index (χ1n) is 8.29. The molecule has 0 bridgehead atoms. The van der Waals surface area contributed by atoms with Crippen molar-refractivity contribution >= 4 is 21.5 Å². The largest absolute Gasteiger partial charge is 0.464 e. The van der Waals surface area contributed by atoms with Crippen LogP contribution >= 0.6 is 0 Å². The molecular formula is C22H22O2. The minimum Gasteiger partial charge on any atom is -0.464 e. The normalized spacial score (nSPS) is 10.8. The van der Waals surface area contributed by atoms with Crippen molar-refractivity contribution in [1.82, 2.24) is 0 Å². The van der Waals surface area contributed by atoms with Crippen LogP contribution < -0.4 is 9.47 Å². The second-order valence-electron chi connectivity index (χ2n) is 5.69. The molecule has 0 aliphatic rings. The minimum absolute atomic E-state index is 0.816. The van der Waals surface area contributed by atoms with E-state index in [-0.39, 0.29) is 0 Å². The highest BCUT2D eigenvalue weighted by molar-refractivity contribution is 6.11. The van der Waals surface area contributed by atoms with Gasteiger partial charge in [0.1, 0.15) is 11.5 Å². The summed E-state index contributed by atoms with van der Waals surface area (Å²) in [5, 5.41) is 4.10. The topological polar surface area (TPSA) is 18.5 Å². The summed E-state index contributed by atoms with van der Waals surface area (Å²) in [5.41, 5.74) is 2.51. The first kappa shape index (κ1) is 16.1. The Morgan fingerprint density at radius 1 is 0.708 bits per heavy atom. The molecule has 3 aromatic carbocycles. The van der Waals surface area contributed by atoms with Crippen molar-refractivity contribution < 1.29 is 9.47 Å². The monoisotopic (exact) mass is 318 g/mol. The molecule has 0 N–H and O–H groups in total. The van der Waals surface area contributed by atoms with Crippen LogP contribution in [0.15, 0.2) is 62.1 Å². The van der Waals surface area contributed by atoms with Gasteiger partial charge in [0.15, 0.2) is 0 Å². The molecule has 3 rings (SSSR count). The number of ether oxygens (including phenoxy) is 2. The first-order chi connectivity index (χ1) is 11.7. The summed E-state index contributed by atoms with van der Waals surface area (Å²) in [5.74, 6) is 1.65. The SMILES string of the molecule is C=COc1c2ccc(CC)cc2c(OC=C)c2cc(CC)ccc12. The molecule has 0 fully saturated rings. The number of rotatable bonds is 6. The van der Waals surface area contributed by atoms with Crippen LogP contribution in [0.3, 0.4) is 0 Å². The molecule has 0 amide bonds. The Kier molecular flexibility index (Phi) is 4.57. The van der Waals surface area contributed by atoms with Crippen LogP contribution in [0.1, 0.15) is 25.0 Å². The van der Waals surface area contributed by atoms with Crippen molar-refractivity contribution in [1.29, 1.82) is 0 Å². The quantitative estimate of drug-likeness (QED) is 0.400. The standard InChI is InChI=1S/C22H22O2/c1-5-15-9-11-17-19(13-15)22(24-8-4)20-14-16(6-2)10-12-18(20)21(17)23-7-3/h7-14H,3-6H2,1-2H3. The molecule has 3 aromatic rings. The lowest BCUT2D eigenvalue weighted by molar-refractivity contribution is 0.486. The summed E-state index contributed by atoms with van der Waals surface area (Å²) in [6, 6.07) is 12.8. The molecule has 0 aliphatic carbocycles. The van der Waals surface area contributed by atoms with Crippen LogP contribution in [0.4, 0.5) is 0 Å². The van der Waals surface area contributed by atoms with E-state index in [1.54, 1.807) is 0 Å². The highest BCUT2D eigenvalue weighted by Gasteiger charge is 2.16. The van der Waals surface area contributed by atoms with Crippen molar-refractivity contribution in [3.8, 4) is 11.5 Å². The van der Waals surface area contributed by atoms with E-state index in [0.29, 0.717) is 0 Å². The Labute approximate surface area is 143 Å². The zero-order valence-corrected chi connectivity index (χ0v) is 14.3. The predicted molar refractivity (Wildman–Crippen MR) is 102 cm³/mol. The predicted octanol–water partition coefficient (Wildman–Crippen LogP) is 6.16. The third kappa shape index (κ3) is 2.65. The fourth-order valence-corrected chi connectivity index (χ4v) is 3.11. The molecule has 0 heterocycles. The third-order valence-electron chi connectivity index (χ3n) is 4.37. The molecule has 0 aliphatic heterocycles. The Morgan fingerprint density at radius 2 is 1.12 bits per heavy atom. The van der Waals surface area contributed by atoms with E-state index >= 15 is 0 Å². The van der Waals surface area contributed by atoms with Crippen LogP contribution in [-0.2, 0) is 12.8 Å². The Balaban J connectivity index is 2.51. The van der Waals surface area contributed by atoms with Crippen molar-refractivity contribution in [2.45, 2.75) is 26.7 Å². The van der Waals surface area contributed by atoms with Crippen LogP contribution in [0.25, 0.3) is 21.5 Å². The van der Waals surface area contributed by atoms with E-state index < -0.39 is 0 Å². The summed E-state index contributed by atoms with van der Waals surface area (Å²) in [6.45, 7) is 11.8. The molecule has 0 unspecified atom stereocenters. The van der Waals surface area contributed by atoms with Crippen molar-refractivity contribution in [3.05, 3.63) is 73.2 Å². The van der Waals surface area contributed by atoms with E-state index in [1.807, 2.05) is 0 Å². The summed E-state index contributed by atoms with van der Waals surface area (Å²) < 4.78 is 11.6. The van der Waals surface area contributed by atoms with Gasteiger partial charge in [0, 0.05) is 21.5 Å². The summed E-state index contributed by atoms with van der Waals surface area (Å²) in [7, 11) is 0. The fourth-order valence-electron chi connectivity index (χ4n) is 3.11. The lowest BCUT2D eigenvalue weighted by atomic mass is 9.96. The molecule has 0 atom stereocenters. The average Bonchev–Trinajstić information content (AvgIpc) is 2.63. The van der Waals surface area contributed by atoms with Crippen LogP contribution in [-0.4, -0.2) is 0 Å². The molecule has 0 saturated carbocycles. The lowest BCUT2D eigenvalue weighted by Crippen LogP contribution is -1.94. The number of hydrogen-bond donors (Lipinski definition) is 0. The zero-order chi connectivity index (χ0) is 17.1. The molecule has 24 heavy (non-hydrogen) atoms. The molecule has 2 nitrogen and oxygen atoms in total. The maximum atomic E-state index is 5.85. The zero-order valence-electron chi connectivity index (χ0n) is 14.3. The number of hydrogen-bond acceptors (Lipinski definition) is 2. The van der Waals surface area contributed by atoms with E-state index in [2.05, 4.69) is 63.4 Å². The Hall–Kier alpha value is -2.74. The molecule has 2 heteroatoms. The van der Waals surface area contributed by atoms with Gasteiger partial charge in [0.2, 0.25) is 0 Å². The van der Waals surface area contributed by atoms with Crippen molar-refractivity contribution in [3.63, 3.8) is 0 Å². The number of aryl methyl sites for hydroxylation is 2. The fraction of sp³-hybridized carbons (Fsp3) is 0.182. The van der Waals surface area contributed by atoms with Gasteiger partial charge in [-0.15, -0.1) is 0 Å². The summed E-state index contributed by atoms with van der Waals surface area (Å²) in [6.07, 6.45) is 4.89. The van der Waals surface area contributed by atoms with Gasteiger partial charge < -0.3 is 9.47 Å². The van der Waals surface area contributed by atoms with Gasteiger partial charge in [-0.2, -0.15) is 0 Å². The minimum atomic E-state index is 0.816. The molecule has 0 saturated heterocycles. The smallest absolute Gasteiger partial charge is 0.142 e. The lowest BCUT2D eigenvalue weighted by Gasteiger charge is -2.16. The van der Waals surface area contributed by atoms with E-state index in [4.69, 9.17) is 9.47 Å². The van der Waals surface area contributed by atoms with Gasteiger partial charge in [-0.1, -0.05) is 51.3 Å². The van der Waals surface area contributed by atoms with Gasteiger partial charge >= 0.3 is 0 Å². The van der Waals surface area contributed by atoms with Crippen molar-refractivity contribution in [2.75, 3.05) is 0 Å². The van der Waals surface area contributed by atoms with Gasteiger partial charge in [-0.05, 0) is 36.1 Å². The molecule has 0 spiro atoms. The van der Waals surface area contributed by atoms with Gasteiger partial charge in [-0.3, -0.25) is 0 Å². The maximum Gasteiger partial charge on any atom is 0.142 e. The molecule has 0 radical (unpaired) electrons. The second kappa shape index (κ2) is 6.79. The van der Waals surface area contributed by atoms with E-state index in [9.17, 15) is 0 Å². The van der Waals surface area contributed by atoms with Gasteiger partial charge in [0.25, 0.3) is 0 Å². The maximum absolute atomic E-state index is 5.85. The second-order valence-corrected chi connectivity index (χ2v) is 5.69. The van der Waals surface area contributed by atoms with Crippen LogP contribution in [0, 0.1) is 0 Å². The highest BCUT2D eigenvalue weighted by atomic mass is 16.5. The average molecular weight is 318 g/mol. The van der Waals surface area contributed by atoms with Crippen LogP contribution in [0.5, 0.6) is 11.5 Å². The van der Waals surface area contributed by atoms with Crippen molar-refractivity contribution in [2.24, 2.45) is 0 Å². The van der Waals surface area contributed by atoms with E-state index in [1.165, 1.54) is 23.7 Å². The molecule has 0 aromatic heterocycles. The van der Waals surface area contributed by atoms with Gasteiger partial charge in [-0.25, -0.2) is 0 Å². The number of benzene rings is 3. The molecular weight excluding hydrogens is 296 g/mol. The third-order valence-corrected chi connectivity index (χ3v) is 4.37. The van der Waals surface area contributed by atoms with Gasteiger partial charge in [0.05, 0.1) is 12.5 Å². The van der Waals surface area contributed by atoms with E-state index in [0.717, 1.165) is 45.9 Å². The number of fused-ring (bicyclic) bond motifs is 2. The van der Waals surface area contributed by atoms with Crippen LogP contribution in [0.2, 0.25) is 0 Å². The Morgan fingerprint density at radius 3 is 1.50 bits per heavy atom. The first-order valence-corrected chi connectivity index (χ1v) is 8.29. The Bertz CT molecular complexity index is 857. The molecule has 122 valence electrons. The highest BCUT2D eigenvalue weighted by Crippen LogP contribution is 2.43.